The number of amides is 1. The van der Waals surface area contributed by atoms with Gasteiger partial charge in [-0.15, -0.1) is 6.42 Å². The van der Waals surface area contributed by atoms with Crippen LogP contribution in [0.5, 0.6) is 0 Å². The zero-order valence-electron chi connectivity index (χ0n) is 17.3. The van der Waals surface area contributed by atoms with Gasteiger partial charge in [0.15, 0.2) is 0 Å². The highest BCUT2D eigenvalue weighted by atomic mass is 32.2. The van der Waals surface area contributed by atoms with Crippen molar-refractivity contribution in [3.05, 3.63) is 70.1 Å². The van der Waals surface area contributed by atoms with Gasteiger partial charge < -0.3 is 5.32 Å². The van der Waals surface area contributed by atoms with Gasteiger partial charge in [0, 0.05) is 24.0 Å². The molecule has 1 fully saturated rings. The molecule has 1 saturated heterocycles. The van der Waals surface area contributed by atoms with Gasteiger partial charge in [-0.25, -0.2) is 13.1 Å². The van der Waals surface area contributed by atoms with Crippen LogP contribution in [0.1, 0.15) is 28.9 Å². The van der Waals surface area contributed by atoms with E-state index in [0.717, 1.165) is 12.8 Å². The number of hydrogen-bond acceptors (Lipinski definition) is 5. The van der Waals surface area contributed by atoms with E-state index >= 15 is 0 Å². The second kappa shape index (κ2) is 8.94. The SMILES string of the molecule is C#CCn1nc(CNC(=O)c2ccc(S(=O)(=O)N3CCCC3)cc2)c2ccccc2c1=O. The molecule has 32 heavy (non-hydrogen) atoms. The number of aromatic nitrogens is 2. The Labute approximate surface area is 185 Å². The molecule has 0 aliphatic carbocycles. The Bertz CT molecular complexity index is 1370. The Hall–Kier alpha value is -3.48. The molecule has 4 rings (SSSR count). The van der Waals surface area contributed by atoms with Gasteiger partial charge in [-0.05, 0) is 43.2 Å². The lowest BCUT2D eigenvalue weighted by molar-refractivity contribution is 0.0950. The van der Waals surface area contributed by atoms with Crippen LogP contribution in [-0.4, -0.2) is 41.5 Å². The lowest BCUT2D eigenvalue weighted by atomic mass is 10.1. The number of sulfonamides is 1. The zero-order chi connectivity index (χ0) is 22.7. The number of nitrogens with zero attached hydrogens (tertiary/aromatic N) is 3. The molecule has 2 aromatic carbocycles. The number of carbonyl (C=O) groups excluding carboxylic acids is 1. The van der Waals surface area contributed by atoms with E-state index in [1.165, 1.54) is 33.3 Å². The number of benzene rings is 2. The second-order valence-corrected chi connectivity index (χ2v) is 9.42. The third kappa shape index (κ3) is 4.15. The Morgan fingerprint density at radius 2 is 1.72 bits per heavy atom. The molecule has 1 aromatic heterocycles. The summed E-state index contributed by atoms with van der Waals surface area (Å²) in [5.41, 5.74) is 0.548. The van der Waals surface area contributed by atoms with Crippen LogP contribution in [-0.2, 0) is 23.1 Å². The Morgan fingerprint density at radius 1 is 1.06 bits per heavy atom. The first-order valence-corrected chi connectivity index (χ1v) is 11.7. The van der Waals surface area contributed by atoms with Gasteiger partial charge >= 0.3 is 0 Å². The number of carbonyl (C=O) groups is 1. The van der Waals surface area contributed by atoms with Crippen LogP contribution >= 0.6 is 0 Å². The first-order chi connectivity index (χ1) is 15.4. The number of fused-ring (bicyclic) bond motifs is 1. The summed E-state index contributed by atoms with van der Waals surface area (Å²) < 4.78 is 27.9. The molecule has 0 atom stereocenters. The maximum atomic E-state index is 12.6. The van der Waals surface area contributed by atoms with Crippen molar-refractivity contribution in [1.82, 2.24) is 19.4 Å². The first-order valence-electron chi connectivity index (χ1n) is 10.2. The van der Waals surface area contributed by atoms with Crippen molar-refractivity contribution in [3.8, 4) is 12.3 Å². The van der Waals surface area contributed by atoms with Crippen molar-refractivity contribution in [3.63, 3.8) is 0 Å². The molecule has 0 unspecified atom stereocenters. The predicted octanol–water partition coefficient (Wildman–Crippen LogP) is 1.74. The standard InChI is InChI=1S/C23H22N4O4S/c1-2-13-27-23(29)20-8-4-3-7-19(20)21(25-27)16-24-22(28)17-9-11-18(12-10-17)32(30,31)26-14-5-6-15-26/h1,3-4,7-12H,5-6,13-16H2,(H,24,28). The van der Waals surface area contributed by atoms with E-state index in [-0.39, 0.29) is 29.5 Å². The highest BCUT2D eigenvalue weighted by Gasteiger charge is 2.27. The topological polar surface area (TPSA) is 101 Å². The van der Waals surface area contributed by atoms with Crippen molar-refractivity contribution in [1.29, 1.82) is 0 Å². The molecule has 0 spiro atoms. The van der Waals surface area contributed by atoms with Crippen molar-refractivity contribution in [2.24, 2.45) is 0 Å². The fourth-order valence-corrected chi connectivity index (χ4v) is 5.27. The zero-order valence-corrected chi connectivity index (χ0v) is 18.1. The summed E-state index contributed by atoms with van der Waals surface area (Å²) in [7, 11) is -3.53. The van der Waals surface area contributed by atoms with Crippen molar-refractivity contribution in [2.75, 3.05) is 13.1 Å². The Kier molecular flexibility index (Phi) is 6.08. The third-order valence-electron chi connectivity index (χ3n) is 5.42. The molecule has 2 heterocycles. The lowest BCUT2D eigenvalue weighted by Gasteiger charge is -2.15. The fourth-order valence-electron chi connectivity index (χ4n) is 3.75. The lowest BCUT2D eigenvalue weighted by Crippen LogP contribution is -2.29. The molecule has 0 saturated carbocycles. The van der Waals surface area contributed by atoms with E-state index in [4.69, 9.17) is 6.42 Å². The van der Waals surface area contributed by atoms with Crippen LogP contribution in [0, 0.1) is 12.3 Å². The molecule has 1 N–H and O–H groups in total. The van der Waals surface area contributed by atoms with Crippen LogP contribution in [0.4, 0.5) is 0 Å². The van der Waals surface area contributed by atoms with Gasteiger partial charge in [0.25, 0.3) is 11.5 Å². The molecule has 164 valence electrons. The van der Waals surface area contributed by atoms with Gasteiger partial charge in [-0.3, -0.25) is 9.59 Å². The van der Waals surface area contributed by atoms with E-state index in [1.54, 1.807) is 24.3 Å². The second-order valence-electron chi connectivity index (χ2n) is 7.48. The van der Waals surface area contributed by atoms with Crippen molar-refractivity contribution >= 4 is 26.7 Å². The summed E-state index contributed by atoms with van der Waals surface area (Å²) in [6.07, 6.45) is 7.06. The molecule has 1 amide bonds. The fraction of sp³-hybridized carbons (Fsp3) is 0.261. The summed E-state index contributed by atoms with van der Waals surface area (Å²) in [5.74, 6) is 2.03. The maximum absolute atomic E-state index is 12.6. The molecule has 0 bridgehead atoms. The van der Waals surface area contributed by atoms with E-state index in [2.05, 4.69) is 16.3 Å². The quantitative estimate of drug-likeness (QED) is 0.577. The predicted molar refractivity (Wildman–Crippen MR) is 120 cm³/mol. The number of rotatable bonds is 6. The summed E-state index contributed by atoms with van der Waals surface area (Å²) >= 11 is 0. The Balaban J connectivity index is 1.53. The monoisotopic (exact) mass is 450 g/mol. The van der Waals surface area contributed by atoms with Crippen LogP contribution < -0.4 is 10.9 Å². The van der Waals surface area contributed by atoms with Gasteiger partial charge in [0.1, 0.15) is 6.54 Å². The van der Waals surface area contributed by atoms with Crippen molar-refractivity contribution in [2.45, 2.75) is 30.8 Å². The van der Waals surface area contributed by atoms with Gasteiger partial charge in [0.2, 0.25) is 10.0 Å². The van der Waals surface area contributed by atoms with E-state index in [0.29, 0.717) is 35.1 Å². The smallest absolute Gasteiger partial charge is 0.275 e. The molecular formula is C23H22N4O4S. The molecule has 3 aromatic rings. The molecule has 1 aliphatic heterocycles. The summed E-state index contributed by atoms with van der Waals surface area (Å²) in [4.78, 5) is 25.3. The normalized spacial score (nSPS) is 14.3. The summed E-state index contributed by atoms with van der Waals surface area (Å²) in [5, 5.41) is 8.20. The molecule has 1 aliphatic rings. The van der Waals surface area contributed by atoms with Gasteiger partial charge in [0.05, 0.1) is 22.5 Å². The van der Waals surface area contributed by atoms with Crippen LogP contribution in [0.25, 0.3) is 10.8 Å². The summed E-state index contributed by atoms with van der Waals surface area (Å²) in [6, 6.07) is 12.9. The number of nitrogens with one attached hydrogen (secondary N) is 1. The van der Waals surface area contributed by atoms with Crippen molar-refractivity contribution < 1.29 is 13.2 Å². The number of hydrogen-bond donors (Lipinski definition) is 1. The molecule has 9 heteroatoms. The molecule has 8 nitrogen and oxygen atoms in total. The minimum atomic E-state index is -3.53. The first kappa shape index (κ1) is 21.7. The minimum absolute atomic E-state index is 0.0254. The van der Waals surface area contributed by atoms with Gasteiger partial charge in [-0.1, -0.05) is 24.1 Å². The average Bonchev–Trinajstić information content (AvgIpc) is 3.36. The van der Waals surface area contributed by atoms with Crippen LogP contribution in [0.2, 0.25) is 0 Å². The highest BCUT2D eigenvalue weighted by molar-refractivity contribution is 7.89. The van der Waals surface area contributed by atoms with Crippen LogP contribution in [0.3, 0.4) is 0 Å². The average molecular weight is 451 g/mol. The van der Waals surface area contributed by atoms with E-state index in [9.17, 15) is 18.0 Å². The summed E-state index contributed by atoms with van der Waals surface area (Å²) in [6.45, 7) is 1.15. The van der Waals surface area contributed by atoms with E-state index < -0.39 is 10.0 Å². The highest BCUT2D eigenvalue weighted by Crippen LogP contribution is 2.21. The largest absolute Gasteiger partial charge is 0.346 e. The Morgan fingerprint density at radius 3 is 2.38 bits per heavy atom. The van der Waals surface area contributed by atoms with Crippen LogP contribution in [0.15, 0.2) is 58.2 Å². The number of terminal acetylenes is 1. The minimum Gasteiger partial charge on any atom is -0.346 e. The van der Waals surface area contributed by atoms with Gasteiger partial charge in [-0.2, -0.15) is 9.40 Å². The third-order valence-corrected chi connectivity index (χ3v) is 7.33. The molecular weight excluding hydrogens is 428 g/mol. The van der Waals surface area contributed by atoms with E-state index in [1.807, 2.05) is 0 Å². The molecule has 0 radical (unpaired) electrons. The maximum Gasteiger partial charge on any atom is 0.275 e.